The molecule has 2 aliphatic heterocycles. The average Bonchev–Trinajstić information content (AvgIpc) is 3.31. The van der Waals surface area contributed by atoms with E-state index in [-0.39, 0.29) is 62.8 Å². The molecule has 2 N–H and O–H groups in total. The predicted octanol–water partition coefficient (Wildman–Crippen LogP) is 2.20. The molecule has 0 aromatic carbocycles. The van der Waals surface area contributed by atoms with Gasteiger partial charge in [-0.05, 0) is 11.8 Å². The minimum absolute atomic E-state index is 0.0868. The van der Waals surface area contributed by atoms with E-state index in [1.807, 2.05) is 27.7 Å². The van der Waals surface area contributed by atoms with Crippen molar-refractivity contribution in [1.82, 2.24) is 9.80 Å². The first kappa shape index (κ1) is 29.7. The van der Waals surface area contributed by atoms with E-state index in [4.69, 9.17) is 9.47 Å². The molecule has 2 aliphatic rings. The highest BCUT2D eigenvalue weighted by Crippen LogP contribution is 2.22. The number of hydrogen-bond donors (Lipinski definition) is 2. The molecule has 2 fully saturated rings. The van der Waals surface area contributed by atoms with Gasteiger partial charge in [-0.2, -0.15) is 0 Å². The number of aliphatic hydroxyl groups excluding tert-OH is 2. The molecule has 12 heteroatoms. The summed E-state index contributed by atoms with van der Waals surface area (Å²) in [5, 5.41) is 18.7. The Kier molecular flexibility index (Phi) is 12.4. The molecular weight excluding hydrogens is 458 g/mol. The third-order valence-electron chi connectivity index (χ3n) is 5.59. The summed E-state index contributed by atoms with van der Waals surface area (Å²) in [6.07, 6.45) is -4.14. The molecule has 4 atom stereocenters. The van der Waals surface area contributed by atoms with Crippen LogP contribution in [-0.2, 0) is 19.1 Å². The fourth-order valence-corrected chi connectivity index (χ4v) is 3.48. The van der Waals surface area contributed by atoms with Gasteiger partial charge in [0, 0.05) is 12.8 Å². The third kappa shape index (κ3) is 8.46. The number of aliphatic hydroxyl groups is 2. The monoisotopic (exact) mass is 494 g/mol. The number of cyclic esters (lactones) is 2. The SMILES string of the molecule is CC(C)[C@H]1COC(=O)N1C(=O)C[C@@H](O)CCF.CC(C)[C@H]1COC(=O)N1C(=O)C[C@H](O)CCF. The molecule has 34 heavy (non-hydrogen) atoms. The first-order valence-electron chi connectivity index (χ1n) is 11.4. The van der Waals surface area contributed by atoms with Crippen LogP contribution in [0.2, 0.25) is 0 Å². The van der Waals surface area contributed by atoms with Crippen molar-refractivity contribution in [3.05, 3.63) is 0 Å². The summed E-state index contributed by atoms with van der Waals surface area (Å²) in [7, 11) is 0. The summed E-state index contributed by atoms with van der Waals surface area (Å²) < 4.78 is 33.6. The number of nitrogens with zero attached hydrogens (tertiary/aromatic N) is 2. The molecule has 2 rings (SSSR count). The van der Waals surface area contributed by atoms with E-state index in [2.05, 4.69) is 0 Å². The summed E-state index contributed by atoms with van der Waals surface area (Å²) in [6.45, 7) is 6.51. The van der Waals surface area contributed by atoms with Gasteiger partial charge in [-0.1, -0.05) is 27.7 Å². The van der Waals surface area contributed by atoms with Crippen LogP contribution < -0.4 is 0 Å². The standard InChI is InChI=1S/2C11H18FNO4/c2*1-7(2)9-6-17-11(16)13(9)10(15)5-8(14)3-4-12/h2*7-9,14H,3-6H2,1-2H3/t8-,9+;8-,9-/m01/s1. The lowest BCUT2D eigenvalue weighted by molar-refractivity contribution is -0.132. The van der Waals surface area contributed by atoms with Crippen molar-refractivity contribution in [2.45, 2.75) is 77.7 Å². The Morgan fingerprint density at radius 1 is 0.824 bits per heavy atom. The number of hydrogen-bond acceptors (Lipinski definition) is 8. The van der Waals surface area contributed by atoms with Gasteiger partial charge in [-0.25, -0.2) is 19.4 Å². The Morgan fingerprint density at radius 3 is 1.41 bits per heavy atom. The van der Waals surface area contributed by atoms with Gasteiger partial charge >= 0.3 is 12.2 Å². The summed E-state index contributed by atoms with van der Waals surface area (Å²) in [5.41, 5.74) is 0. The highest BCUT2D eigenvalue weighted by Gasteiger charge is 2.40. The lowest BCUT2D eigenvalue weighted by Crippen LogP contribution is -2.43. The maximum Gasteiger partial charge on any atom is 0.416 e. The molecule has 2 heterocycles. The third-order valence-corrected chi connectivity index (χ3v) is 5.59. The molecule has 2 saturated heterocycles. The van der Waals surface area contributed by atoms with Crippen molar-refractivity contribution in [3.8, 4) is 0 Å². The number of ether oxygens (including phenoxy) is 2. The van der Waals surface area contributed by atoms with Crippen LogP contribution in [0.25, 0.3) is 0 Å². The van der Waals surface area contributed by atoms with Gasteiger partial charge in [-0.3, -0.25) is 18.4 Å². The number of rotatable bonds is 10. The molecule has 0 aliphatic carbocycles. The Bertz CT molecular complexity index is 648. The zero-order chi connectivity index (χ0) is 26.0. The molecule has 4 amide bonds. The van der Waals surface area contributed by atoms with Gasteiger partial charge in [0.2, 0.25) is 11.8 Å². The lowest BCUT2D eigenvalue weighted by atomic mass is 10.0. The van der Waals surface area contributed by atoms with E-state index < -0.39 is 49.6 Å². The second-order valence-corrected chi connectivity index (χ2v) is 8.98. The maximum absolute atomic E-state index is 12.0. The Balaban J connectivity index is 0.000000340. The van der Waals surface area contributed by atoms with Crippen LogP contribution in [0.1, 0.15) is 53.4 Å². The van der Waals surface area contributed by atoms with E-state index in [1.165, 1.54) is 0 Å². The first-order chi connectivity index (χ1) is 15.9. The molecule has 0 unspecified atom stereocenters. The van der Waals surface area contributed by atoms with Crippen molar-refractivity contribution in [2.24, 2.45) is 11.8 Å². The molecule has 196 valence electrons. The van der Waals surface area contributed by atoms with Gasteiger partial charge < -0.3 is 19.7 Å². The van der Waals surface area contributed by atoms with E-state index in [0.717, 1.165) is 9.80 Å². The Morgan fingerprint density at radius 2 is 1.15 bits per heavy atom. The minimum atomic E-state index is -1.05. The summed E-state index contributed by atoms with van der Waals surface area (Å²) >= 11 is 0. The molecule has 10 nitrogen and oxygen atoms in total. The lowest BCUT2D eigenvalue weighted by Gasteiger charge is -2.23. The molecule has 0 saturated carbocycles. The fraction of sp³-hybridized carbons (Fsp3) is 0.818. The van der Waals surface area contributed by atoms with Crippen molar-refractivity contribution in [1.29, 1.82) is 0 Å². The predicted molar refractivity (Wildman–Crippen MR) is 116 cm³/mol. The molecule has 0 aromatic heterocycles. The van der Waals surface area contributed by atoms with Crippen molar-refractivity contribution < 1.29 is 47.6 Å². The molecule has 0 aromatic rings. The van der Waals surface area contributed by atoms with Crippen LogP contribution in [0.15, 0.2) is 0 Å². The van der Waals surface area contributed by atoms with E-state index in [9.17, 15) is 38.2 Å². The van der Waals surface area contributed by atoms with Crippen LogP contribution >= 0.6 is 0 Å². The van der Waals surface area contributed by atoms with Gasteiger partial charge in [0.05, 0.1) is 50.5 Å². The van der Waals surface area contributed by atoms with Crippen molar-refractivity contribution in [3.63, 3.8) is 0 Å². The van der Waals surface area contributed by atoms with Crippen molar-refractivity contribution in [2.75, 3.05) is 26.6 Å². The Labute approximate surface area is 198 Å². The van der Waals surface area contributed by atoms with Crippen LogP contribution in [-0.4, -0.2) is 94.9 Å². The number of imide groups is 2. The van der Waals surface area contributed by atoms with Gasteiger partial charge in [0.25, 0.3) is 0 Å². The van der Waals surface area contributed by atoms with Gasteiger partial charge in [-0.15, -0.1) is 0 Å². The van der Waals surface area contributed by atoms with E-state index in [1.54, 1.807) is 0 Å². The summed E-state index contributed by atoms with van der Waals surface area (Å²) in [6, 6.07) is -0.597. The summed E-state index contributed by atoms with van der Waals surface area (Å²) in [4.78, 5) is 48.5. The highest BCUT2D eigenvalue weighted by atomic mass is 19.1. The summed E-state index contributed by atoms with van der Waals surface area (Å²) in [5.74, 6) is -0.841. The normalized spacial score (nSPS) is 21.8. The quantitative estimate of drug-likeness (QED) is 0.472. The molecule has 0 radical (unpaired) electrons. The van der Waals surface area contributed by atoms with Crippen LogP contribution in [0.3, 0.4) is 0 Å². The largest absolute Gasteiger partial charge is 0.447 e. The van der Waals surface area contributed by atoms with Gasteiger partial charge in [0.1, 0.15) is 13.2 Å². The minimum Gasteiger partial charge on any atom is -0.447 e. The average molecular weight is 495 g/mol. The maximum atomic E-state index is 12.0. The number of halogens is 2. The van der Waals surface area contributed by atoms with Crippen LogP contribution in [0, 0.1) is 11.8 Å². The zero-order valence-electron chi connectivity index (χ0n) is 20.1. The first-order valence-corrected chi connectivity index (χ1v) is 11.4. The van der Waals surface area contributed by atoms with E-state index >= 15 is 0 Å². The molecular formula is C22H36F2N2O8. The second kappa shape index (κ2) is 14.1. The number of amides is 4. The van der Waals surface area contributed by atoms with Crippen LogP contribution in [0.5, 0.6) is 0 Å². The molecule has 0 spiro atoms. The number of carbonyl (C=O) groups is 4. The second-order valence-electron chi connectivity index (χ2n) is 8.98. The van der Waals surface area contributed by atoms with Crippen LogP contribution in [0.4, 0.5) is 18.4 Å². The van der Waals surface area contributed by atoms with E-state index in [0.29, 0.717) is 0 Å². The van der Waals surface area contributed by atoms with Gasteiger partial charge in [0.15, 0.2) is 0 Å². The zero-order valence-corrected chi connectivity index (χ0v) is 20.1. The Hall–Kier alpha value is -2.34. The molecule has 0 bridgehead atoms. The topological polar surface area (TPSA) is 134 Å². The number of carbonyl (C=O) groups excluding carboxylic acids is 4. The smallest absolute Gasteiger partial charge is 0.416 e. The van der Waals surface area contributed by atoms with Crippen molar-refractivity contribution >= 4 is 24.0 Å². The fourth-order valence-electron chi connectivity index (χ4n) is 3.48. The highest BCUT2D eigenvalue weighted by molar-refractivity contribution is 5.94. The number of alkyl halides is 2.